The van der Waals surface area contributed by atoms with Crippen LogP contribution < -0.4 is 5.32 Å². The molecule has 162 valence electrons. The lowest BCUT2D eigenvalue weighted by Crippen LogP contribution is -2.46. The number of aryl methyl sites for hydroxylation is 3. The zero-order valence-electron chi connectivity index (χ0n) is 18.6. The molecular weight excluding hydrogens is 380 g/mol. The number of likely N-dealkylation sites (tertiary alicyclic amines) is 1. The van der Waals surface area contributed by atoms with Crippen LogP contribution in [0.1, 0.15) is 40.0 Å². The highest BCUT2D eigenvalue weighted by Gasteiger charge is 2.30. The van der Waals surface area contributed by atoms with Crippen LogP contribution in [0.5, 0.6) is 0 Å². The largest absolute Gasteiger partial charge is 0.355 e. The number of nitrogens with zero attached hydrogens (tertiary/aromatic N) is 3. The normalized spacial score (nSPS) is 16.7. The van der Waals surface area contributed by atoms with Crippen LogP contribution in [0, 0.1) is 26.7 Å². The van der Waals surface area contributed by atoms with E-state index in [0.717, 1.165) is 36.1 Å². The summed E-state index contributed by atoms with van der Waals surface area (Å²) in [6, 6.07) is 5.90. The first-order valence-electron chi connectivity index (χ1n) is 10.5. The van der Waals surface area contributed by atoms with Gasteiger partial charge in [-0.1, -0.05) is 22.9 Å². The van der Waals surface area contributed by atoms with Crippen LogP contribution in [0.15, 0.2) is 22.7 Å². The van der Waals surface area contributed by atoms with Gasteiger partial charge in [0.1, 0.15) is 0 Å². The zero-order valence-corrected chi connectivity index (χ0v) is 18.6. The van der Waals surface area contributed by atoms with E-state index in [2.05, 4.69) is 29.5 Å². The average molecular weight is 413 g/mol. The number of hydrogen-bond donors (Lipinski definition) is 1. The summed E-state index contributed by atoms with van der Waals surface area (Å²) < 4.78 is 5.53. The van der Waals surface area contributed by atoms with Crippen LogP contribution in [0.25, 0.3) is 11.3 Å². The molecule has 2 heterocycles. The predicted octanol–water partition coefficient (Wildman–Crippen LogP) is 2.80. The van der Waals surface area contributed by atoms with E-state index in [4.69, 9.17) is 4.52 Å². The Bertz CT molecular complexity index is 896. The van der Waals surface area contributed by atoms with Crippen molar-refractivity contribution in [2.75, 3.05) is 40.3 Å². The van der Waals surface area contributed by atoms with Crippen molar-refractivity contribution in [3.8, 4) is 11.3 Å². The molecule has 0 radical (unpaired) electrons. The Hall–Kier alpha value is -2.67. The molecule has 2 aromatic rings. The van der Waals surface area contributed by atoms with Crippen LogP contribution in [0.4, 0.5) is 0 Å². The lowest BCUT2D eigenvalue weighted by molar-refractivity contribution is -0.126. The van der Waals surface area contributed by atoms with E-state index in [1.54, 1.807) is 11.0 Å². The van der Waals surface area contributed by atoms with Gasteiger partial charge in [0, 0.05) is 37.8 Å². The van der Waals surface area contributed by atoms with Gasteiger partial charge in [-0.05, 0) is 58.8 Å². The van der Waals surface area contributed by atoms with E-state index in [9.17, 15) is 9.59 Å². The number of aromatic nitrogens is 1. The highest BCUT2D eigenvalue weighted by Crippen LogP contribution is 2.29. The van der Waals surface area contributed by atoms with Gasteiger partial charge in [-0.3, -0.25) is 9.59 Å². The maximum absolute atomic E-state index is 13.0. The van der Waals surface area contributed by atoms with E-state index in [1.807, 2.05) is 32.8 Å². The second-order valence-electron chi connectivity index (χ2n) is 8.53. The molecule has 1 atom stereocenters. The third-order valence-electron chi connectivity index (χ3n) is 5.59. The maximum Gasteiger partial charge on any atom is 0.276 e. The predicted molar refractivity (Wildman–Crippen MR) is 116 cm³/mol. The highest BCUT2D eigenvalue weighted by atomic mass is 16.5. The number of rotatable bonds is 6. The van der Waals surface area contributed by atoms with Crippen LogP contribution in [0.3, 0.4) is 0 Å². The monoisotopic (exact) mass is 412 g/mol. The molecule has 2 amide bonds. The molecule has 1 saturated heterocycles. The quantitative estimate of drug-likeness (QED) is 0.789. The Morgan fingerprint density at radius 3 is 2.57 bits per heavy atom. The zero-order chi connectivity index (χ0) is 21.8. The summed E-state index contributed by atoms with van der Waals surface area (Å²) in [5.41, 5.74) is 4.64. The number of nitrogens with one attached hydrogen (secondary N) is 1. The molecule has 1 fully saturated rings. The molecule has 1 aromatic heterocycles. The fourth-order valence-electron chi connectivity index (χ4n) is 4.15. The maximum atomic E-state index is 13.0. The second-order valence-corrected chi connectivity index (χ2v) is 8.53. The number of hydrogen-bond acceptors (Lipinski definition) is 5. The van der Waals surface area contributed by atoms with Gasteiger partial charge >= 0.3 is 0 Å². The van der Waals surface area contributed by atoms with E-state index in [0.29, 0.717) is 25.4 Å². The molecule has 0 bridgehead atoms. The molecule has 7 nitrogen and oxygen atoms in total. The molecule has 1 aromatic carbocycles. The first kappa shape index (κ1) is 22.0. The van der Waals surface area contributed by atoms with Crippen molar-refractivity contribution in [1.82, 2.24) is 20.3 Å². The van der Waals surface area contributed by atoms with Gasteiger partial charge in [0.15, 0.2) is 11.5 Å². The van der Waals surface area contributed by atoms with E-state index in [1.165, 1.54) is 5.56 Å². The molecule has 0 spiro atoms. The minimum atomic E-state index is -0.183. The summed E-state index contributed by atoms with van der Waals surface area (Å²) in [6.45, 7) is 8.57. The number of likely N-dealkylation sites (N-methyl/N-ethyl adjacent to an activating group) is 1. The Morgan fingerprint density at radius 2 is 1.90 bits per heavy atom. The molecule has 1 aliphatic rings. The van der Waals surface area contributed by atoms with Gasteiger partial charge in [0.2, 0.25) is 5.91 Å². The number of piperidine rings is 1. The second kappa shape index (κ2) is 9.43. The van der Waals surface area contributed by atoms with Gasteiger partial charge in [-0.2, -0.15) is 0 Å². The minimum absolute atomic E-state index is 0.0149. The van der Waals surface area contributed by atoms with E-state index < -0.39 is 0 Å². The Kier molecular flexibility index (Phi) is 6.92. The Labute approximate surface area is 178 Å². The molecule has 0 saturated carbocycles. The first-order valence-corrected chi connectivity index (χ1v) is 10.5. The van der Waals surface area contributed by atoms with Crippen molar-refractivity contribution in [2.45, 2.75) is 33.6 Å². The molecule has 3 rings (SSSR count). The van der Waals surface area contributed by atoms with Crippen LogP contribution in [-0.2, 0) is 4.79 Å². The third kappa shape index (κ3) is 5.08. The summed E-state index contributed by atoms with van der Waals surface area (Å²) >= 11 is 0. The smallest absolute Gasteiger partial charge is 0.276 e. The number of amides is 2. The first-order chi connectivity index (χ1) is 14.3. The Balaban J connectivity index is 1.68. The fourth-order valence-corrected chi connectivity index (χ4v) is 4.15. The van der Waals surface area contributed by atoms with Crippen molar-refractivity contribution >= 4 is 11.8 Å². The van der Waals surface area contributed by atoms with Crippen molar-refractivity contribution in [2.24, 2.45) is 5.92 Å². The standard InChI is InChI=1S/C23H32N4O3/c1-15-11-16(2)21(17(3)12-15)20-13-19(25-30-20)23(29)27-9-6-7-18(14-27)22(28)24-8-10-26(4)5/h11-13,18H,6-10,14H2,1-5H3,(H,24,28). The average Bonchev–Trinajstić information content (AvgIpc) is 3.16. The molecular formula is C23H32N4O3. The summed E-state index contributed by atoms with van der Waals surface area (Å²) in [4.78, 5) is 29.2. The van der Waals surface area contributed by atoms with Gasteiger partial charge in [0.05, 0.1) is 5.92 Å². The molecule has 1 unspecified atom stereocenters. The summed E-state index contributed by atoms with van der Waals surface area (Å²) in [6.07, 6.45) is 1.60. The van der Waals surface area contributed by atoms with Crippen LogP contribution >= 0.6 is 0 Å². The van der Waals surface area contributed by atoms with Gasteiger partial charge in [0.25, 0.3) is 5.91 Å². The topological polar surface area (TPSA) is 78.7 Å². The van der Waals surface area contributed by atoms with Gasteiger partial charge in [-0.25, -0.2) is 0 Å². The van der Waals surface area contributed by atoms with Crippen LogP contribution in [0.2, 0.25) is 0 Å². The molecule has 1 aliphatic heterocycles. The number of carbonyl (C=O) groups excluding carboxylic acids is 2. The molecule has 0 aliphatic carbocycles. The van der Waals surface area contributed by atoms with Crippen molar-refractivity contribution in [1.29, 1.82) is 0 Å². The van der Waals surface area contributed by atoms with Crippen molar-refractivity contribution < 1.29 is 14.1 Å². The summed E-state index contributed by atoms with van der Waals surface area (Å²) in [5, 5.41) is 7.01. The minimum Gasteiger partial charge on any atom is -0.355 e. The lowest BCUT2D eigenvalue weighted by atomic mass is 9.96. The molecule has 7 heteroatoms. The van der Waals surface area contributed by atoms with E-state index >= 15 is 0 Å². The van der Waals surface area contributed by atoms with Crippen molar-refractivity contribution in [3.63, 3.8) is 0 Å². The van der Waals surface area contributed by atoms with Gasteiger partial charge < -0.3 is 19.6 Å². The van der Waals surface area contributed by atoms with Gasteiger partial charge in [-0.15, -0.1) is 0 Å². The Morgan fingerprint density at radius 1 is 1.20 bits per heavy atom. The number of carbonyl (C=O) groups is 2. The number of benzene rings is 1. The fraction of sp³-hybridized carbons (Fsp3) is 0.522. The summed E-state index contributed by atoms with van der Waals surface area (Å²) in [7, 11) is 3.94. The van der Waals surface area contributed by atoms with Crippen LogP contribution in [-0.4, -0.2) is 67.0 Å². The van der Waals surface area contributed by atoms with Crippen molar-refractivity contribution in [3.05, 3.63) is 40.6 Å². The van der Waals surface area contributed by atoms with E-state index in [-0.39, 0.29) is 23.4 Å². The summed E-state index contributed by atoms with van der Waals surface area (Å²) in [5.74, 6) is 0.250. The SMILES string of the molecule is Cc1cc(C)c(-c2cc(C(=O)N3CCCC(C(=O)NCCN(C)C)C3)no2)c(C)c1. The third-order valence-corrected chi connectivity index (χ3v) is 5.59. The molecule has 30 heavy (non-hydrogen) atoms. The molecule has 1 N–H and O–H groups in total. The highest BCUT2D eigenvalue weighted by molar-refractivity contribution is 5.94. The lowest BCUT2D eigenvalue weighted by Gasteiger charge is -2.31.